The molecule has 1 amide bonds. The maximum Gasteiger partial charge on any atom is 0.232 e. The quantitative estimate of drug-likeness (QED) is 0.781. The number of oxazole rings is 1. The van der Waals surface area contributed by atoms with E-state index in [4.69, 9.17) is 4.42 Å². The zero-order valence-electron chi connectivity index (χ0n) is 15.3. The summed E-state index contributed by atoms with van der Waals surface area (Å²) >= 11 is 0. The number of aryl methyl sites for hydroxylation is 2. The van der Waals surface area contributed by atoms with Crippen molar-refractivity contribution in [1.82, 2.24) is 10.3 Å². The summed E-state index contributed by atoms with van der Waals surface area (Å²) in [5.41, 5.74) is 2.69. The molecule has 0 aliphatic rings. The van der Waals surface area contributed by atoms with Crippen LogP contribution in [0.4, 0.5) is 0 Å². The first-order valence-electron chi connectivity index (χ1n) is 8.50. The van der Waals surface area contributed by atoms with Crippen LogP contribution in [0.3, 0.4) is 0 Å². The van der Waals surface area contributed by atoms with Gasteiger partial charge in [-0.05, 0) is 38.3 Å². The van der Waals surface area contributed by atoms with E-state index >= 15 is 0 Å². The number of hydrogen-bond acceptors (Lipinski definition) is 4. The van der Waals surface area contributed by atoms with Gasteiger partial charge in [0.1, 0.15) is 11.5 Å². The molecule has 1 aromatic heterocycles. The van der Waals surface area contributed by atoms with E-state index in [0.29, 0.717) is 29.8 Å². The molecule has 0 saturated carbocycles. The van der Waals surface area contributed by atoms with E-state index in [1.807, 2.05) is 31.2 Å². The summed E-state index contributed by atoms with van der Waals surface area (Å²) in [6.07, 6.45) is 0.917. The lowest BCUT2D eigenvalue weighted by molar-refractivity contribution is -0.118. The number of rotatable bonds is 8. The van der Waals surface area contributed by atoms with Crippen LogP contribution in [0.25, 0.3) is 11.5 Å². The molecule has 1 atom stereocenters. The Bertz CT molecular complexity index is 736. The number of aromatic nitrogens is 1. The van der Waals surface area contributed by atoms with Crippen molar-refractivity contribution in [3.8, 4) is 11.5 Å². The first kappa shape index (κ1) is 19.4. The van der Waals surface area contributed by atoms with Crippen molar-refractivity contribution in [1.29, 1.82) is 0 Å². The zero-order valence-corrected chi connectivity index (χ0v) is 16.1. The molecular formula is C19H26N2O3S. The van der Waals surface area contributed by atoms with Crippen molar-refractivity contribution < 1.29 is 13.4 Å². The number of carbonyl (C=O) groups excluding carboxylic acids is 1. The standard InChI is InChI=1S/C19H26N2O3S/c1-13(2)9-10-20-18(22)12-25(23)11-17-15(4)24-19(21-17)16-7-5-14(3)6-8-16/h5-8,13H,9-12H2,1-4H3,(H,20,22)/t25-/m0/s1. The average Bonchev–Trinajstić information content (AvgIpc) is 2.88. The van der Waals surface area contributed by atoms with Crippen LogP contribution >= 0.6 is 0 Å². The van der Waals surface area contributed by atoms with E-state index in [-0.39, 0.29) is 17.4 Å². The first-order valence-corrected chi connectivity index (χ1v) is 9.99. The minimum absolute atomic E-state index is 0.00966. The van der Waals surface area contributed by atoms with Gasteiger partial charge in [-0.3, -0.25) is 9.00 Å². The molecule has 0 unspecified atom stereocenters. The van der Waals surface area contributed by atoms with Gasteiger partial charge in [0, 0.05) is 22.9 Å². The van der Waals surface area contributed by atoms with Gasteiger partial charge in [0.15, 0.2) is 0 Å². The normalized spacial score (nSPS) is 12.4. The molecule has 0 radical (unpaired) electrons. The third-order valence-electron chi connectivity index (χ3n) is 3.82. The van der Waals surface area contributed by atoms with Crippen LogP contribution in [-0.2, 0) is 21.3 Å². The van der Waals surface area contributed by atoms with E-state index in [1.165, 1.54) is 0 Å². The van der Waals surface area contributed by atoms with Gasteiger partial charge in [-0.2, -0.15) is 0 Å². The summed E-state index contributed by atoms with van der Waals surface area (Å²) in [6.45, 7) is 8.65. The molecule has 0 bridgehead atoms. The highest BCUT2D eigenvalue weighted by molar-refractivity contribution is 7.84. The Morgan fingerprint density at radius 1 is 1.24 bits per heavy atom. The van der Waals surface area contributed by atoms with E-state index < -0.39 is 10.8 Å². The Kier molecular flexibility index (Phi) is 6.93. The minimum atomic E-state index is -1.31. The first-order chi connectivity index (χ1) is 11.8. The molecule has 1 aromatic carbocycles. The maximum atomic E-state index is 12.2. The van der Waals surface area contributed by atoms with Crippen molar-refractivity contribution >= 4 is 16.7 Å². The lowest BCUT2D eigenvalue weighted by Gasteiger charge is -2.06. The van der Waals surface area contributed by atoms with Crippen molar-refractivity contribution in [2.45, 2.75) is 39.9 Å². The smallest absolute Gasteiger partial charge is 0.232 e. The van der Waals surface area contributed by atoms with Crippen molar-refractivity contribution in [2.75, 3.05) is 12.3 Å². The van der Waals surface area contributed by atoms with Crippen LogP contribution in [-0.4, -0.2) is 27.4 Å². The predicted octanol–water partition coefficient (Wildman–Crippen LogP) is 3.37. The molecule has 136 valence electrons. The third kappa shape index (κ3) is 6.12. The Morgan fingerprint density at radius 3 is 2.56 bits per heavy atom. The molecule has 5 nitrogen and oxygen atoms in total. The second-order valence-electron chi connectivity index (χ2n) is 6.65. The van der Waals surface area contributed by atoms with Gasteiger partial charge in [0.25, 0.3) is 0 Å². The van der Waals surface area contributed by atoms with Crippen molar-refractivity contribution in [2.24, 2.45) is 5.92 Å². The summed E-state index contributed by atoms with van der Waals surface area (Å²) in [7, 11) is -1.31. The van der Waals surface area contributed by atoms with Crippen molar-refractivity contribution in [3.63, 3.8) is 0 Å². The zero-order chi connectivity index (χ0) is 18.4. The summed E-state index contributed by atoms with van der Waals surface area (Å²) in [5, 5.41) is 2.81. The van der Waals surface area contributed by atoms with Gasteiger partial charge in [0.05, 0.1) is 11.4 Å². The van der Waals surface area contributed by atoms with Gasteiger partial charge in [0.2, 0.25) is 11.8 Å². The van der Waals surface area contributed by atoms with Gasteiger partial charge in [-0.15, -0.1) is 0 Å². The molecule has 0 aliphatic carbocycles. The lowest BCUT2D eigenvalue weighted by atomic mass is 10.1. The van der Waals surface area contributed by atoms with Gasteiger partial charge in [-0.1, -0.05) is 31.5 Å². The van der Waals surface area contributed by atoms with Crippen LogP contribution in [0.2, 0.25) is 0 Å². The van der Waals surface area contributed by atoms with E-state index in [9.17, 15) is 9.00 Å². The number of nitrogens with zero attached hydrogens (tertiary/aromatic N) is 1. The third-order valence-corrected chi connectivity index (χ3v) is 5.00. The summed E-state index contributed by atoms with van der Waals surface area (Å²) in [5.74, 6) is 1.72. The van der Waals surface area contributed by atoms with E-state index in [1.54, 1.807) is 6.92 Å². The topological polar surface area (TPSA) is 72.2 Å². The molecule has 1 N–H and O–H groups in total. The van der Waals surface area contributed by atoms with Crippen LogP contribution in [0.1, 0.15) is 37.3 Å². The number of nitrogens with one attached hydrogen (secondary N) is 1. The fraction of sp³-hybridized carbons (Fsp3) is 0.474. The van der Waals surface area contributed by atoms with E-state index in [0.717, 1.165) is 17.5 Å². The number of hydrogen-bond donors (Lipinski definition) is 1. The molecule has 0 spiro atoms. The minimum Gasteiger partial charge on any atom is -0.441 e. The molecule has 2 rings (SSSR count). The molecule has 0 aliphatic heterocycles. The monoisotopic (exact) mass is 362 g/mol. The van der Waals surface area contributed by atoms with Crippen LogP contribution < -0.4 is 5.32 Å². The number of amides is 1. The summed E-state index contributed by atoms with van der Waals surface area (Å²) < 4.78 is 17.9. The second-order valence-corrected chi connectivity index (χ2v) is 8.11. The van der Waals surface area contributed by atoms with Gasteiger partial charge >= 0.3 is 0 Å². The highest BCUT2D eigenvalue weighted by atomic mass is 32.2. The molecule has 1 heterocycles. The maximum absolute atomic E-state index is 12.2. The van der Waals surface area contributed by atoms with Crippen LogP contribution in [0.5, 0.6) is 0 Å². The Morgan fingerprint density at radius 2 is 1.92 bits per heavy atom. The van der Waals surface area contributed by atoms with Crippen LogP contribution in [0, 0.1) is 19.8 Å². The summed E-state index contributed by atoms with van der Waals surface area (Å²) in [6, 6.07) is 7.88. The van der Waals surface area contributed by atoms with Crippen molar-refractivity contribution in [3.05, 3.63) is 41.3 Å². The van der Waals surface area contributed by atoms with Gasteiger partial charge in [-0.25, -0.2) is 4.98 Å². The highest BCUT2D eigenvalue weighted by Gasteiger charge is 2.16. The lowest BCUT2D eigenvalue weighted by Crippen LogP contribution is -2.30. The Hall–Kier alpha value is -1.95. The fourth-order valence-electron chi connectivity index (χ4n) is 2.28. The Balaban J connectivity index is 1.93. The second kappa shape index (κ2) is 8.94. The Labute approximate surface area is 151 Å². The molecule has 0 saturated heterocycles. The molecule has 2 aromatic rings. The van der Waals surface area contributed by atoms with Crippen LogP contribution in [0.15, 0.2) is 28.7 Å². The molecule has 0 fully saturated rings. The molecule has 25 heavy (non-hydrogen) atoms. The fourth-order valence-corrected chi connectivity index (χ4v) is 3.35. The molecular weight excluding hydrogens is 336 g/mol. The highest BCUT2D eigenvalue weighted by Crippen LogP contribution is 2.22. The largest absolute Gasteiger partial charge is 0.441 e. The number of benzene rings is 1. The molecule has 6 heteroatoms. The predicted molar refractivity (Wildman–Crippen MR) is 101 cm³/mol. The van der Waals surface area contributed by atoms with E-state index in [2.05, 4.69) is 24.1 Å². The average molecular weight is 362 g/mol. The summed E-state index contributed by atoms with van der Waals surface area (Å²) in [4.78, 5) is 16.3. The SMILES string of the molecule is Cc1ccc(-c2nc(C[S@](=O)CC(=O)NCCC(C)C)c(C)o2)cc1. The van der Waals surface area contributed by atoms with Gasteiger partial charge < -0.3 is 9.73 Å². The number of carbonyl (C=O) groups is 1.